The van der Waals surface area contributed by atoms with E-state index in [0.717, 1.165) is 0 Å². The molecule has 2 aromatic rings. The number of methoxy groups -OCH3 is 1. The lowest BCUT2D eigenvalue weighted by Crippen LogP contribution is -2.32. The third kappa shape index (κ3) is 3.54. The summed E-state index contributed by atoms with van der Waals surface area (Å²) in [7, 11) is 1.49. The van der Waals surface area contributed by atoms with E-state index in [1.54, 1.807) is 36.4 Å². The maximum absolute atomic E-state index is 12.7. The van der Waals surface area contributed by atoms with Crippen LogP contribution in [0.4, 0.5) is 0 Å². The van der Waals surface area contributed by atoms with Gasteiger partial charge in [0.1, 0.15) is 11.5 Å². The molecular formula is C20H18ClNO5. The molecule has 1 saturated heterocycles. The number of phenols is 1. The van der Waals surface area contributed by atoms with E-state index in [2.05, 4.69) is 0 Å². The van der Waals surface area contributed by atoms with E-state index in [1.165, 1.54) is 24.1 Å². The minimum atomic E-state index is -0.835. The summed E-state index contributed by atoms with van der Waals surface area (Å²) < 4.78 is 5.04. The number of aromatic hydroxyl groups is 1. The maximum atomic E-state index is 12.7. The number of phenolic OH excluding ortho intramolecular Hbond substituents is 1. The number of carbonyl (C=O) groups excluding carboxylic acids is 2. The largest absolute Gasteiger partial charge is 0.507 e. The first kappa shape index (κ1) is 18.9. The molecule has 1 amide bonds. The van der Waals surface area contributed by atoms with Crippen molar-refractivity contribution in [1.82, 2.24) is 4.90 Å². The highest BCUT2D eigenvalue weighted by Gasteiger charge is 2.45. The molecule has 0 saturated carbocycles. The number of halogens is 1. The third-order valence-electron chi connectivity index (χ3n) is 4.41. The summed E-state index contributed by atoms with van der Waals surface area (Å²) in [6.07, 6.45) is 0. The van der Waals surface area contributed by atoms with E-state index in [0.29, 0.717) is 11.1 Å². The van der Waals surface area contributed by atoms with Gasteiger partial charge in [-0.1, -0.05) is 48.0 Å². The van der Waals surface area contributed by atoms with Gasteiger partial charge in [-0.3, -0.25) is 9.59 Å². The van der Waals surface area contributed by atoms with Gasteiger partial charge in [0.2, 0.25) is 0 Å². The van der Waals surface area contributed by atoms with Crippen LogP contribution >= 0.6 is 11.6 Å². The molecule has 6 nitrogen and oxygen atoms in total. The molecule has 0 aliphatic carbocycles. The first-order valence-electron chi connectivity index (χ1n) is 8.27. The number of nitrogens with zero attached hydrogens (tertiary/aromatic N) is 1. The monoisotopic (exact) mass is 387 g/mol. The number of ether oxygens (including phenoxy) is 1. The number of hydrogen-bond acceptors (Lipinski definition) is 5. The number of ketones is 1. The fraction of sp³-hybridized carbons (Fsp3) is 0.200. The van der Waals surface area contributed by atoms with E-state index >= 15 is 0 Å². The molecular weight excluding hydrogens is 370 g/mol. The number of hydrogen-bond donors (Lipinski definition) is 2. The predicted molar refractivity (Wildman–Crippen MR) is 100 cm³/mol. The molecule has 1 aliphatic rings. The van der Waals surface area contributed by atoms with Crippen molar-refractivity contribution in [3.8, 4) is 5.75 Å². The molecule has 2 aromatic carbocycles. The van der Waals surface area contributed by atoms with Crippen LogP contribution in [0.1, 0.15) is 17.2 Å². The molecule has 3 rings (SSSR count). The topological polar surface area (TPSA) is 87.1 Å². The number of likely N-dealkylation sites (tertiary alicyclic amines) is 1. The van der Waals surface area contributed by atoms with Crippen molar-refractivity contribution >= 4 is 29.1 Å². The molecule has 2 N–H and O–H groups in total. The van der Waals surface area contributed by atoms with Gasteiger partial charge >= 0.3 is 0 Å². The normalized spacial score (nSPS) is 18.9. The predicted octanol–water partition coefficient (Wildman–Crippen LogP) is 3.11. The lowest BCUT2D eigenvalue weighted by Gasteiger charge is -2.25. The summed E-state index contributed by atoms with van der Waals surface area (Å²) >= 11 is 6.02. The molecule has 1 heterocycles. The van der Waals surface area contributed by atoms with Crippen LogP contribution < -0.4 is 0 Å². The van der Waals surface area contributed by atoms with E-state index in [9.17, 15) is 19.8 Å². The first-order chi connectivity index (χ1) is 13.0. The molecule has 7 heteroatoms. The Bertz CT molecular complexity index is 910. The average molecular weight is 388 g/mol. The van der Waals surface area contributed by atoms with Crippen LogP contribution in [0.2, 0.25) is 5.02 Å². The van der Waals surface area contributed by atoms with Crippen molar-refractivity contribution < 1.29 is 24.5 Å². The Morgan fingerprint density at radius 3 is 2.52 bits per heavy atom. The zero-order valence-corrected chi connectivity index (χ0v) is 15.3. The SMILES string of the molecule is COCCN1C(=O)C(=O)/C(=C(\O)c2ccccc2)C1c1ccc(O)c(Cl)c1. The van der Waals surface area contributed by atoms with Gasteiger partial charge in [-0.25, -0.2) is 0 Å². The zero-order chi connectivity index (χ0) is 19.6. The number of Topliss-reactive ketones (excluding diaryl/α,β-unsaturated/α-hetero) is 1. The van der Waals surface area contributed by atoms with E-state index in [-0.39, 0.29) is 35.3 Å². The number of benzene rings is 2. The van der Waals surface area contributed by atoms with Gasteiger partial charge in [-0.15, -0.1) is 0 Å². The highest BCUT2D eigenvalue weighted by molar-refractivity contribution is 6.46. The molecule has 1 aliphatic heterocycles. The summed E-state index contributed by atoms with van der Waals surface area (Å²) in [5.41, 5.74) is 0.909. The highest BCUT2D eigenvalue weighted by atomic mass is 35.5. The smallest absolute Gasteiger partial charge is 0.295 e. The number of rotatable bonds is 5. The lowest BCUT2D eigenvalue weighted by atomic mass is 9.95. The number of aliphatic hydroxyl groups is 1. The number of aliphatic hydroxyl groups excluding tert-OH is 1. The van der Waals surface area contributed by atoms with Crippen LogP contribution in [-0.4, -0.2) is 47.1 Å². The highest BCUT2D eigenvalue weighted by Crippen LogP contribution is 2.40. The Kier molecular flexibility index (Phi) is 5.48. The van der Waals surface area contributed by atoms with Crippen molar-refractivity contribution in [3.05, 3.63) is 70.3 Å². The molecule has 0 bridgehead atoms. The number of carbonyl (C=O) groups is 2. The van der Waals surface area contributed by atoms with Crippen molar-refractivity contribution in [3.63, 3.8) is 0 Å². The maximum Gasteiger partial charge on any atom is 0.295 e. The van der Waals surface area contributed by atoms with Gasteiger partial charge in [-0.05, 0) is 17.7 Å². The van der Waals surface area contributed by atoms with E-state index in [4.69, 9.17) is 16.3 Å². The van der Waals surface area contributed by atoms with Crippen molar-refractivity contribution in [2.75, 3.05) is 20.3 Å². The first-order valence-corrected chi connectivity index (χ1v) is 8.64. The Morgan fingerprint density at radius 1 is 1.19 bits per heavy atom. The molecule has 1 atom stereocenters. The second-order valence-corrected chi connectivity index (χ2v) is 6.47. The van der Waals surface area contributed by atoms with Crippen LogP contribution in [0.3, 0.4) is 0 Å². The van der Waals surface area contributed by atoms with E-state index in [1.807, 2.05) is 0 Å². The molecule has 0 spiro atoms. The summed E-state index contributed by atoms with van der Waals surface area (Å²) in [6, 6.07) is 12.1. The average Bonchev–Trinajstić information content (AvgIpc) is 2.93. The zero-order valence-electron chi connectivity index (χ0n) is 14.6. The summed E-state index contributed by atoms with van der Waals surface area (Å²) in [4.78, 5) is 26.6. The van der Waals surface area contributed by atoms with Gasteiger partial charge in [0.25, 0.3) is 11.7 Å². The summed E-state index contributed by atoms with van der Waals surface area (Å²) in [5, 5.41) is 20.6. The van der Waals surface area contributed by atoms with Gasteiger partial charge in [0.15, 0.2) is 0 Å². The molecule has 1 unspecified atom stereocenters. The van der Waals surface area contributed by atoms with Crippen LogP contribution in [-0.2, 0) is 14.3 Å². The van der Waals surface area contributed by atoms with Gasteiger partial charge in [0.05, 0.1) is 23.2 Å². The molecule has 140 valence electrons. The Labute approximate surface area is 161 Å². The lowest BCUT2D eigenvalue weighted by molar-refractivity contribution is -0.140. The molecule has 0 aromatic heterocycles. The molecule has 27 heavy (non-hydrogen) atoms. The third-order valence-corrected chi connectivity index (χ3v) is 4.71. The quantitative estimate of drug-likeness (QED) is 0.467. The molecule has 0 radical (unpaired) electrons. The van der Waals surface area contributed by atoms with Crippen molar-refractivity contribution in [2.45, 2.75) is 6.04 Å². The Morgan fingerprint density at radius 2 is 1.89 bits per heavy atom. The standard InChI is InChI=1S/C20H18ClNO5/c1-27-10-9-22-17(13-7-8-15(23)14(21)11-13)16(19(25)20(22)26)18(24)12-5-3-2-4-6-12/h2-8,11,17,23-24H,9-10H2,1H3/b18-16-. The van der Waals surface area contributed by atoms with Gasteiger partial charge in [-0.2, -0.15) is 0 Å². The van der Waals surface area contributed by atoms with Gasteiger partial charge < -0.3 is 19.8 Å². The Balaban J connectivity index is 2.18. The fourth-order valence-corrected chi connectivity index (χ4v) is 3.28. The summed E-state index contributed by atoms with van der Waals surface area (Å²) in [6.45, 7) is 0.385. The van der Waals surface area contributed by atoms with Gasteiger partial charge in [0, 0.05) is 19.2 Å². The van der Waals surface area contributed by atoms with Crippen LogP contribution in [0.25, 0.3) is 5.76 Å². The van der Waals surface area contributed by atoms with E-state index < -0.39 is 17.7 Å². The Hall–Kier alpha value is -2.83. The minimum absolute atomic E-state index is 0.0240. The van der Waals surface area contributed by atoms with Crippen LogP contribution in [0.5, 0.6) is 5.75 Å². The fourth-order valence-electron chi connectivity index (χ4n) is 3.09. The second kappa shape index (κ2) is 7.82. The second-order valence-electron chi connectivity index (χ2n) is 6.06. The molecule has 1 fully saturated rings. The van der Waals surface area contributed by atoms with Crippen LogP contribution in [0.15, 0.2) is 54.1 Å². The minimum Gasteiger partial charge on any atom is -0.507 e. The summed E-state index contributed by atoms with van der Waals surface area (Å²) in [5.74, 6) is -1.87. The van der Waals surface area contributed by atoms with Crippen molar-refractivity contribution in [1.29, 1.82) is 0 Å². The number of amides is 1. The van der Waals surface area contributed by atoms with Crippen LogP contribution in [0, 0.1) is 0 Å². The van der Waals surface area contributed by atoms with Crippen molar-refractivity contribution in [2.24, 2.45) is 0 Å².